The van der Waals surface area contributed by atoms with Gasteiger partial charge in [0.25, 0.3) is 0 Å². The second-order valence-corrected chi connectivity index (χ2v) is 4.92. The highest BCUT2D eigenvalue weighted by Gasteiger charge is 2.19. The Morgan fingerprint density at radius 2 is 1.65 bits per heavy atom. The first-order valence-electron chi connectivity index (χ1n) is 6.64. The topological polar surface area (TPSA) is 78.2 Å². The number of benzene rings is 2. The van der Waals surface area contributed by atoms with Crippen LogP contribution < -0.4 is 4.74 Å². The van der Waals surface area contributed by atoms with Crippen molar-refractivity contribution in [2.45, 2.75) is 0 Å². The minimum Gasteiger partial charge on any atom is -0.434 e. The van der Waals surface area contributed by atoms with Crippen LogP contribution in [0.15, 0.2) is 60.8 Å². The fourth-order valence-electron chi connectivity index (χ4n) is 2.00. The van der Waals surface area contributed by atoms with Crippen LogP contribution in [0.2, 0.25) is 5.28 Å². The van der Waals surface area contributed by atoms with Gasteiger partial charge in [-0.15, -0.1) is 0 Å². The zero-order valence-electron chi connectivity index (χ0n) is 11.7. The van der Waals surface area contributed by atoms with Crippen molar-refractivity contribution < 1.29 is 9.66 Å². The van der Waals surface area contributed by atoms with Crippen LogP contribution in [0, 0.1) is 10.1 Å². The number of aromatic nitrogens is 2. The highest BCUT2D eigenvalue weighted by atomic mass is 35.5. The minimum absolute atomic E-state index is 0.119. The number of hydrogen-bond donors (Lipinski definition) is 0. The van der Waals surface area contributed by atoms with E-state index in [2.05, 4.69) is 9.97 Å². The van der Waals surface area contributed by atoms with Gasteiger partial charge in [0.15, 0.2) is 0 Å². The van der Waals surface area contributed by atoms with E-state index in [9.17, 15) is 10.1 Å². The Balaban J connectivity index is 1.87. The smallest absolute Gasteiger partial charge is 0.349 e. The largest absolute Gasteiger partial charge is 0.434 e. The van der Waals surface area contributed by atoms with Crippen molar-refractivity contribution in [2.24, 2.45) is 0 Å². The van der Waals surface area contributed by atoms with Gasteiger partial charge in [-0.25, -0.2) is 4.98 Å². The molecule has 0 saturated heterocycles. The predicted octanol–water partition coefficient (Wildman–Crippen LogP) is 4.50. The van der Waals surface area contributed by atoms with Crippen molar-refractivity contribution in [3.05, 3.63) is 76.2 Å². The van der Waals surface area contributed by atoms with Crippen LogP contribution in [-0.4, -0.2) is 14.9 Å². The Kier molecular flexibility index (Phi) is 4.16. The Labute approximate surface area is 136 Å². The van der Waals surface area contributed by atoms with Crippen LogP contribution in [0.4, 0.5) is 5.69 Å². The molecule has 114 valence electrons. The second-order valence-electron chi connectivity index (χ2n) is 4.58. The maximum atomic E-state index is 11.0. The summed E-state index contributed by atoms with van der Waals surface area (Å²) in [5.74, 6) is 0.227. The van der Waals surface area contributed by atoms with E-state index in [1.54, 1.807) is 12.1 Å². The number of nitrogens with zero attached hydrogens (tertiary/aromatic N) is 3. The van der Waals surface area contributed by atoms with Gasteiger partial charge < -0.3 is 4.74 Å². The van der Waals surface area contributed by atoms with Crippen molar-refractivity contribution in [3.63, 3.8) is 0 Å². The molecule has 0 spiro atoms. The molecule has 0 bridgehead atoms. The number of hydrogen-bond acceptors (Lipinski definition) is 5. The first kappa shape index (κ1) is 14.9. The van der Waals surface area contributed by atoms with E-state index in [4.69, 9.17) is 16.3 Å². The van der Waals surface area contributed by atoms with Gasteiger partial charge >= 0.3 is 11.6 Å². The summed E-state index contributed by atoms with van der Waals surface area (Å²) in [5, 5.41) is 10.8. The molecular formula is C16H10ClN3O3. The highest BCUT2D eigenvalue weighted by Crippen LogP contribution is 2.30. The molecule has 0 aliphatic rings. The van der Waals surface area contributed by atoms with E-state index >= 15 is 0 Å². The number of nitro groups is 1. The molecule has 1 aromatic heterocycles. The molecule has 6 nitrogen and oxygen atoms in total. The third kappa shape index (κ3) is 3.44. The average molecular weight is 328 g/mol. The summed E-state index contributed by atoms with van der Waals surface area (Å²) < 4.78 is 5.47. The molecule has 0 fully saturated rings. The molecule has 0 aliphatic heterocycles. The molecule has 0 N–H and O–H groups in total. The van der Waals surface area contributed by atoms with Crippen molar-refractivity contribution in [2.75, 3.05) is 0 Å². The molecule has 7 heteroatoms. The maximum Gasteiger partial charge on any atom is 0.349 e. The molecule has 0 radical (unpaired) electrons. The lowest BCUT2D eigenvalue weighted by atomic mass is 10.1. The minimum atomic E-state index is -0.621. The number of halogens is 1. The highest BCUT2D eigenvalue weighted by molar-refractivity contribution is 6.28. The van der Waals surface area contributed by atoms with E-state index in [1.165, 1.54) is 0 Å². The van der Waals surface area contributed by atoms with Crippen LogP contribution in [0.5, 0.6) is 11.6 Å². The molecule has 0 unspecified atom stereocenters. The maximum absolute atomic E-state index is 11.0. The quantitative estimate of drug-likeness (QED) is 0.400. The van der Waals surface area contributed by atoms with Gasteiger partial charge in [-0.1, -0.05) is 42.5 Å². The summed E-state index contributed by atoms with van der Waals surface area (Å²) >= 11 is 5.67. The molecule has 0 atom stereocenters. The first-order chi connectivity index (χ1) is 11.1. The van der Waals surface area contributed by atoms with E-state index in [0.29, 0.717) is 5.75 Å². The number of rotatable bonds is 4. The fourth-order valence-corrected chi connectivity index (χ4v) is 2.12. The summed E-state index contributed by atoms with van der Waals surface area (Å²) in [4.78, 5) is 17.7. The molecule has 1 heterocycles. The lowest BCUT2D eigenvalue weighted by Gasteiger charge is -2.06. The third-order valence-corrected chi connectivity index (χ3v) is 3.26. The normalized spacial score (nSPS) is 10.3. The summed E-state index contributed by atoms with van der Waals surface area (Å²) in [6, 6.07) is 17.0. The van der Waals surface area contributed by atoms with Crippen LogP contribution >= 0.6 is 11.6 Å². The average Bonchev–Trinajstić information content (AvgIpc) is 2.56. The van der Waals surface area contributed by atoms with Gasteiger partial charge in [0.2, 0.25) is 5.28 Å². The molecule has 2 aromatic carbocycles. The Hall–Kier alpha value is -2.99. The standard InChI is InChI=1S/C16H10ClN3O3/c17-16-18-10-14(20(21)22)15(19-16)23-13-8-6-12(7-9-13)11-4-2-1-3-5-11/h1-10H. The Morgan fingerprint density at radius 3 is 2.30 bits per heavy atom. The number of ether oxygens (including phenoxy) is 1. The molecule has 0 saturated carbocycles. The predicted molar refractivity (Wildman–Crippen MR) is 85.6 cm³/mol. The zero-order valence-corrected chi connectivity index (χ0v) is 12.5. The summed E-state index contributed by atoms with van der Waals surface area (Å²) in [6.07, 6.45) is 1.02. The SMILES string of the molecule is O=[N+]([O-])c1cnc(Cl)nc1Oc1ccc(-c2ccccc2)cc1. The lowest BCUT2D eigenvalue weighted by molar-refractivity contribution is -0.386. The zero-order chi connectivity index (χ0) is 16.2. The van der Waals surface area contributed by atoms with Crippen molar-refractivity contribution >= 4 is 17.3 Å². The van der Waals surface area contributed by atoms with Crippen molar-refractivity contribution in [1.82, 2.24) is 9.97 Å². The summed E-state index contributed by atoms with van der Waals surface area (Å²) in [6.45, 7) is 0. The van der Waals surface area contributed by atoms with Gasteiger partial charge in [0.1, 0.15) is 11.9 Å². The van der Waals surface area contributed by atoms with Crippen LogP contribution in [0.3, 0.4) is 0 Å². The van der Waals surface area contributed by atoms with Gasteiger partial charge in [0, 0.05) is 0 Å². The van der Waals surface area contributed by atoms with Crippen molar-refractivity contribution in [1.29, 1.82) is 0 Å². The first-order valence-corrected chi connectivity index (χ1v) is 7.01. The molecule has 3 rings (SSSR count). The van der Waals surface area contributed by atoms with E-state index < -0.39 is 4.92 Å². The lowest BCUT2D eigenvalue weighted by Crippen LogP contribution is -1.97. The van der Waals surface area contributed by atoms with E-state index in [-0.39, 0.29) is 16.9 Å². The van der Waals surface area contributed by atoms with Gasteiger partial charge in [-0.3, -0.25) is 10.1 Å². The third-order valence-electron chi connectivity index (χ3n) is 3.08. The van der Waals surface area contributed by atoms with E-state index in [0.717, 1.165) is 17.3 Å². The Morgan fingerprint density at radius 1 is 1.00 bits per heavy atom. The van der Waals surface area contributed by atoms with Crippen LogP contribution in [-0.2, 0) is 0 Å². The second kappa shape index (κ2) is 6.41. The van der Waals surface area contributed by atoms with Crippen molar-refractivity contribution in [3.8, 4) is 22.8 Å². The Bertz CT molecular complexity index is 839. The van der Waals surface area contributed by atoms with Gasteiger partial charge in [-0.05, 0) is 34.9 Å². The van der Waals surface area contributed by atoms with E-state index in [1.807, 2.05) is 42.5 Å². The molecular weight excluding hydrogens is 318 g/mol. The van der Waals surface area contributed by atoms with Gasteiger partial charge in [0.05, 0.1) is 4.92 Å². The monoisotopic (exact) mass is 327 g/mol. The van der Waals surface area contributed by atoms with Crippen LogP contribution in [0.25, 0.3) is 11.1 Å². The summed E-state index contributed by atoms with van der Waals surface area (Å²) in [7, 11) is 0. The summed E-state index contributed by atoms with van der Waals surface area (Å²) in [5.41, 5.74) is 1.73. The molecule has 0 aliphatic carbocycles. The fraction of sp³-hybridized carbons (Fsp3) is 0. The molecule has 23 heavy (non-hydrogen) atoms. The molecule has 3 aromatic rings. The van der Waals surface area contributed by atoms with Crippen LogP contribution in [0.1, 0.15) is 0 Å². The van der Waals surface area contributed by atoms with Gasteiger partial charge in [-0.2, -0.15) is 4.98 Å². The molecule has 0 amide bonds.